The summed E-state index contributed by atoms with van der Waals surface area (Å²) in [6.45, 7) is 2.53. The van der Waals surface area contributed by atoms with Gasteiger partial charge in [-0.1, -0.05) is 29.8 Å². The average Bonchev–Trinajstić information content (AvgIpc) is 2.76. The van der Waals surface area contributed by atoms with E-state index in [4.69, 9.17) is 21.3 Å². The predicted molar refractivity (Wildman–Crippen MR) is 117 cm³/mol. The monoisotopic (exact) mass is 424 g/mol. The fourth-order valence-corrected chi connectivity index (χ4v) is 3.83. The highest BCUT2D eigenvalue weighted by molar-refractivity contribution is 6.30. The van der Waals surface area contributed by atoms with E-state index in [0.717, 1.165) is 17.0 Å². The Balaban J connectivity index is 1.75. The van der Waals surface area contributed by atoms with Crippen LogP contribution in [0.2, 0.25) is 5.02 Å². The summed E-state index contributed by atoms with van der Waals surface area (Å²) in [6.07, 6.45) is -0.0720. The second kappa shape index (κ2) is 8.86. The molecule has 0 fully saturated rings. The summed E-state index contributed by atoms with van der Waals surface area (Å²) < 4.78 is 20.0. The van der Waals surface area contributed by atoms with Crippen molar-refractivity contribution in [2.75, 3.05) is 6.61 Å². The van der Waals surface area contributed by atoms with Crippen molar-refractivity contribution in [2.24, 2.45) is 4.99 Å². The molecule has 4 nitrogen and oxygen atoms in total. The molecule has 2 N–H and O–H groups in total. The fraction of sp³-hybridized carbons (Fsp3) is 0.208. The lowest BCUT2D eigenvalue weighted by Gasteiger charge is -2.31. The highest BCUT2D eigenvalue weighted by atomic mass is 35.5. The lowest BCUT2D eigenvalue weighted by atomic mass is 9.93. The standard InChI is InChI=1S/C24H22ClFN2O2/c1-2-30-17-10-7-15(8-11-17)21-14-22(19-13-16(25)9-12-23(19)29)28-24(27-21)18-5-3-4-6-20(18)26/h3-13,22,24,28-29H,2,14H2,1H3/t22-,24+/m0/s1. The number of ether oxygens (including phenoxy) is 1. The van der Waals surface area contributed by atoms with Gasteiger partial charge in [-0.25, -0.2) is 4.39 Å². The second-order valence-electron chi connectivity index (χ2n) is 7.08. The van der Waals surface area contributed by atoms with E-state index >= 15 is 0 Å². The van der Waals surface area contributed by atoms with Gasteiger partial charge in [-0.3, -0.25) is 10.3 Å². The first kappa shape index (κ1) is 20.4. The molecule has 0 saturated heterocycles. The SMILES string of the molecule is CCOc1ccc(C2=N[C@@H](c3ccccc3F)N[C@H](c3cc(Cl)ccc3O)C2)cc1. The van der Waals surface area contributed by atoms with Gasteiger partial charge in [0.1, 0.15) is 23.5 Å². The molecular formula is C24H22ClFN2O2. The molecule has 0 radical (unpaired) electrons. The van der Waals surface area contributed by atoms with Crippen molar-refractivity contribution in [1.82, 2.24) is 5.32 Å². The van der Waals surface area contributed by atoms with Gasteiger partial charge in [-0.15, -0.1) is 0 Å². The predicted octanol–water partition coefficient (Wildman–Crippen LogP) is 5.81. The Morgan fingerprint density at radius 1 is 1.10 bits per heavy atom. The van der Waals surface area contributed by atoms with Crippen molar-refractivity contribution >= 4 is 17.3 Å². The Labute approximate surface area is 180 Å². The van der Waals surface area contributed by atoms with Gasteiger partial charge in [0.2, 0.25) is 0 Å². The highest BCUT2D eigenvalue weighted by Gasteiger charge is 2.29. The zero-order valence-electron chi connectivity index (χ0n) is 16.5. The number of hydrogen-bond acceptors (Lipinski definition) is 4. The number of nitrogens with one attached hydrogen (secondary N) is 1. The number of halogens is 2. The molecular weight excluding hydrogens is 403 g/mol. The molecule has 1 aliphatic rings. The summed E-state index contributed by atoms with van der Waals surface area (Å²) in [4.78, 5) is 4.80. The topological polar surface area (TPSA) is 53.8 Å². The molecule has 1 heterocycles. The van der Waals surface area contributed by atoms with Gasteiger partial charge in [0.25, 0.3) is 0 Å². The van der Waals surface area contributed by atoms with Crippen molar-refractivity contribution < 1.29 is 14.2 Å². The molecule has 3 aromatic rings. The minimum absolute atomic E-state index is 0.136. The maximum Gasteiger partial charge on any atom is 0.129 e. The second-order valence-corrected chi connectivity index (χ2v) is 7.52. The molecule has 2 atom stereocenters. The summed E-state index contributed by atoms with van der Waals surface area (Å²) in [5, 5.41) is 14.3. The lowest BCUT2D eigenvalue weighted by molar-refractivity contribution is 0.340. The number of rotatable bonds is 5. The zero-order valence-corrected chi connectivity index (χ0v) is 17.2. The molecule has 6 heteroatoms. The smallest absolute Gasteiger partial charge is 0.129 e. The van der Waals surface area contributed by atoms with Crippen LogP contribution in [-0.2, 0) is 0 Å². The molecule has 0 amide bonds. The van der Waals surface area contributed by atoms with Gasteiger partial charge in [-0.2, -0.15) is 0 Å². The largest absolute Gasteiger partial charge is 0.508 e. The average molecular weight is 425 g/mol. The minimum atomic E-state index is -0.593. The number of hydrogen-bond donors (Lipinski definition) is 2. The van der Waals surface area contributed by atoms with Gasteiger partial charge >= 0.3 is 0 Å². The zero-order chi connectivity index (χ0) is 21.1. The van der Waals surface area contributed by atoms with Gasteiger partial charge < -0.3 is 9.84 Å². The third kappa shape index (κ3) is 4.32. The van der Waals surface area contributed by atoms with Crippen LogP contribution in [0.15, 0.2) is 71.7 Å². The number of aromatic hydroxyl groups is 1. The van der Waals surface area contributed by atoms with E-state index in [9.17, 15) is 9.50 Å². The van der Waals surface area contributed by atoms with Crippen LogP contribution in [0.1, 0.15) is 42.2 Å². The molecule has 0 spiro atoms. The van der Waals surface area contributed by atoms with E-state index < -0.39 is 6.17 Å². The van der Waals surface area contributed by atoms with Crippen molar-refractivity contribution in [3.8, 4) is 11.5 Å². The van der Waals surface area contributed by atoms with Gasteiger partial charge in [0.05, 0.1) is 6.61 Å². The first-order valence-electron chi connectivity index (χ1n) is 9.84. The Bertz CT molecular complexity index is 1070. The number of benzene rings is 3. The van der Waals surface area contributed by atoms with Crippen molar-refractivity contribution in [1.29, 1.82) is 0 Å². The highest BCUT2D eigenvalue weighted by Crippen LogP contribution is 2.36. The minimum Gasteiger partial charge on any atom is -0.508 e. The number of nitrogens with zero attached hydrogens (tertiary/aromatic N) is 1. The third-order valence-electron chi connectivity index (χ3n) is 5.10. The molecule has 0 aromatic heterocycles. The van der Waals surface area contributed by atoms with Crippen LogP contribution in [0.25, 0.3) is 0 Å². The molecule has 0 bridgehead atoms. The normalized spacial score (nSPS) is 18.7. The van der Waals surface area contributed by atoms with Crippen LogP contribution in [0, 0.1) is 5.82 Å². The van der Waals surface area contributed by atoms with Crippen LogP contribution in [-0.4, -0.2) is 17.4 Å². The summed E-state index contributed by atoms with van der Waals surface area (Å²) in [6, 6.07) is 18.9. The Kier molecular flexibility index (Phi) is 6.02. The van der Waals surface area contributed by atoms with Crippen molar-refractivity contribution in [2.45, 2.75) is 25.6 Å². The molecule has 0 saturated carbocycles. The van der Waals surface area contributed by atoms with Gasteiger partial charge in [0.15, 0.2) is 0 Å². The van der Waals surface area contributed by atoms with Crippen molar-refractivity contribution in [3.63, 3.8) is 0 Å². The quantitative estimate of drug-likeness (QED) is 0.543. The first-order valence-corrected chi connectivity index (χ1v) is 10.2. The fourth-order valence-electron chi connectivity index (χ4n) is 3.65. The lowest BCUT2D eigenvalue weighted by Crippen LogP contribution is -2.33. The van der Waals surface area contributed by atoms with Crippen LogP contribution >= 0.6 is 11.6 Å². The molecule has 3 aromatic carbocycles. The summed E-state index contributed by atoms with van der Waals surface area (Å²) >= 11 is 6.17. The summed E-state index contributed by atoms with van der Waals surface area (Å²) in [7, 11) is 0. The maximum absolute atomic E-state index is 14.5. The Hall–Kier alpha value is -2.89. The van der Waals surface area contributed by atoms with Crippen molar-refractivity contribution in [3.05, 3.63) is 94.3 Å². The van der Waals surface area contributed by atoms with E-state index in [2.05, 4.69) is 5.32 Å². The van der Waals surface area contributed by atoms with E-state index in [0.29, 0.717) is 29.2 Å². The van der Waals surface area contributed by atoms with Crippen LogP contribution in [0.3, 0.4) is 0 Å². The van der Waals surface area contributed by atoms with Crippen LogP contribution in [0.4, 0.5) is 4.39 Å². The first-order chi connectivity index (χ1) is 14.5. The third-order valence-corrected chi connectivity index (χ3v) is 5.34. The Morgan fingerprint density at radius 2 is 1.87 bits per heavy atom. The van der Waals surface area contributed by atoms with E-state index in [-0.39, 0.29) is 17.6 Å². The number of phenols is 1. The molecule has 4 rings (SSSR count). The van der Waals surface area contributed by atoms with Gasteiger partial charge in [-0.05, 0) is 61.0 Å². The van der Waals surface area contributed by atoms with Gasteiger partial charge in [0, 0.05) is 34.3 Å². The molecule has 30 heavy (non-hydrogen) atoms. The van der Waals surface area contributed by atoms with E-state index in [1.54, 1.807) is 36.4 Å². The number of aliphatic imine (C=N–C) groups is 1. The van der Waals surface area contributed by atoms with Crippen LogP contribution in [0.5, 0.6) is 11.5 Å². The Morgan fingerprint density at radius 3 is 2.60 bits per heavy atom. The summed E-state index contributed by atoms with van der Waals surface area (Å²) in [5.41, 5.74) is 2.84. The van der Waals surface area contributed by atoms with E-state index in [1.165, 1.54) is 6.07 Å². The molecule has 0 aliphatic carbocycles. The maximum atomic E-state index is 14.5. The number of phenolic OH excluding ortho intramolecular Hbond substituents is 1. The molecule has 154 valence electrons. The van der Waals surface area contributed by atoms with E-state index in [1.807, 2.05) is 31.2 Å². The summed E-state index contributed by atoms with van der Waals surface area (Å²) in [5.74, 6) is 0.586. The molecule has 0 unspecified atom stereocenters. The van der Waals surface area contributed by atoms with Crippen LogP contribution < -0.4 is 10.1 Å². The molecule has 1 aliphatic heterocycles.